The highest BCUT2D eigenvalue weighted by Crippen LogP contribution is 2.13. The first-order valence-corrected chi connectivity index (χ1v) is 6.48. The fourth-order valence-corrected chi connectivity index (χ4v) is 1.88. The summed E-state index contributed by atoms with van der Waals surface area (Å²) in [5.41, 5.74) is 8.32. The van der Waals surface area contributed by atoms with E-state index in [1.54, 1.807) is 30.5 Å². The van der Waals surface area contributed by atoms with Crippen molar-refractivity contribution in [1.82, 2.24) is 4.98 Å². The van der Waals surface area contributed by atoms with Gasteiger partial charge in [-0.2, -0.15) is 0 Å². The molecule has 0 aliphatic rings. The van der Waals surface area contributed by atoms with E-state index < -0.39 is 5.97 Å². The minimum Gasteiger partial charge on any atom is -0.456 e. The molecule has 0 saturated heterocycles. The molecule has 19 heavy (non-hydrogen) atoms. The smallest absolute Gasteiger partial charge is 0.338 e. The molecule has 0 fully saturated rings. The summed E-state index contributed by atoms with van der Waals surface area (Å²) >= 11 is 3.29. The fourth-order valence-electron chi connectivity index (χ4n) is 1.65. The van der Waals surface area contributed by atoms with Crippen molar-refractivity contribution in [2.75, 3.05) is 5.73 Å². The summed E-state index contributed by atoms with van der Waals surface area (Å²) in [5, 5.41) is 0. The standard InChI is InChI=1S/C14H13BrN2O2/c1-9-4-10(6-12(16)5-9)14(18)19-8-13-3-2-11(15)7-17-13/h2-7H,8,16H2,1H3. The molecule has 98 valence electrons. The number of aromatic nitrogens is 1. The summed E-state index contributed by atoms with van der Waals surface area (Å²) in [6.45, 7) is 2.02. The molecular weight excluding hydrogens is 308 g/mol. The monoisotopic (exact) mass is 320 g/mol. The molecule has 0 aliphatic carbocycles. The van der Waals surface area contributed by atoms with Gasteiger partial charge in [0.25, 0.3) is 0 Å². The van der Waals surface area contributed by atoms with Crippen molar-refractivity contribution in [3.8, 4) is 0 Å². The molecule has 2 N–H and O–H groups in total. The Kier molecular flexibility index (Phi) is 4.16. The number of rotatable bonds is 3. The van der Waals surface area contributed by atoms with Gasteiger partial charge in [0.2, 0.25) is 0 Å². The Morgan fingerprint density at radius 2 is 2.16 bits per heavy atom. The van der Waals surface area contributed by atoms with Crippen LogP contribution < -0.4 is 5.73 Å². The lowest BCUT2D eigenvalue weighted by atomic mass is 10.1. The minimum absolute atomic E-state index is 0.139. The fraction of sp³-hybridized carbons (Fsp3) is 0.143. The Labute approximate surface area is 119 Å². The van der Waals surface area contributed by atoms with E-state index in [1.807, 2.05) is 13.0 Å². The maximum atomic E-state index is 11.9. The number of aryl methyl sites for hydroxylation is 1. The molecule has 0 aliphatic heterocycles. The Morgan fingerprint density at radius 3 is 2.79 bits per heavy atom. The third kappa shape index (κ3) is 3.79. The highest BCUT2D eigenvalue weighted by atomic mass is 79.9. The zero-order chi connectivity index (χ0) is 13.8. The van der Waals surface area contributed by atoms with Crippen LogP contribution in [-0.2, 0) is 11.3 Å². The first-order valence-electron chi connectivity index (χ1n) is 5.69. The third-order valence-electron chi connectivity index (χ3n) is 2.48. The van der Waals surface area contributed by atoms with Gasteiger partial charge in [0.15, 0.2) is 0 Å². The van der Waals surface area contributed by atoms with E-state index in [0.717, 1.165) is 10.0 Å². The van der Waals surface area contributed by atoms with Crippen LogP contribution in [0.25, 0.3) is 0 Å². The van der Waals surface area contributed by atoms with E-state index in [2.05, 4.69) is 20.9 Å². The molecule has 1 aromatic carbocycles. The Hall–Kier alpha value is -1.88. The maximum Gasteiger partial charge on any atom is 0.338 e. The highest BCUT2D eigenvalue weighted by Gasteiger charge is 2.09. The molecule has 2 aromatic rings. The molecule has 0 amide bonds. The topological polar surface area (TPSA) is 65.2 Å². The molecule has 0 unspecified atom stereocenters. The average Bonchev–Trinajstić information content (AvgIpc) is 2.36. The van der Waals surface area contributed by atoms with Crippen molar-refractivity contribution in [1.29, 1.82) is 0 Å². The van der Waals surface area contributed by atoms with E-state index in [0.29, 0.717) is 16.9 Å². The van der Waals surface area contributed by atoms with Crippen molar-refractivity contribution in [3.63, 3.8) is 0 Å². The van der Waals surface area contributed by atoms with Gasteiger partial charge < -0.3 is 10.5 Å². The van der Waals surface area contributed by atoms with E-state index in [1.165, 1.54) is 0 Å². The number of anilines is 1. The quantitative estimate of drug-likeness (QED) is 0.697. The predicted molar refractivity (Wildman–Crippen MR) is 76.6 cm³/mol. The van der Waals surface area contributed by atoms with Crippen LogP contribution in [0.3, 0.4) is 0 Å². The number of pyridine rings is 1. The number of nitrogens with zero attached hydrogens (tertiary/aromatic N) is 1. The number of ether oxygens (including phenoxy) is 1. The van der Waals surface area contributed by atoms with Crippen molar-refractivity contribution >= 4 is 27.6 Å². The Bertz CT molecular complexity index is 577. The second-order valence-corrected chi connectivity index (χ2v) is 5.09. The molecule has 2 rings (SSSR count). The lowest BCUT2D eigenvalue weighted by Crippen LogP contribution is -2.07. The number of nitrogen functional groups attached to an aromatic ring is 1. The van der Waals surface area contributed by atoms with Gasteiger partial charge >= 0.3 is 5.97 Å². The van der Waals surface area contributed by atoms with E-state index >= 15 is 0 Å². The Morgan fingerprint density at radius 1 is 1.37 bits per heavy atom. The number of carbonyl (C=O) groups excluding carboxylic acids is 1. The van der Waals surface area contributed by atoms with Gasteiger partial charge in [0.1, 0.15) is 6.61 Å². The summed E-state index contributed by atoms with van der Waals surface area (Å²) in [6, 6.07) is 8.79. The number of nitrogens with two attached hydrogens (primary N) is 1. The lowest BCUT2D eigenvalue weighted by molar-refractivity contribution is 0.0467. The summed E-state index contributed by atoms with van der Waals surface area (Å²) in [7, 11) is 0. The molecule has 0 spiro atoms. The predicted octanol–water partition coefficient (Wildman–Crippen LogP) is 3.09. The summed E-state index contributed by atoms with van der Waals surface area (Å²) < 4.78 is 6.08. The Balaban J connectivity index is 2.03. The van der Waals surface area contributed by atoms with Gasteiger partial charge in [-0.25, -0.2) is 4.79 Å². The number of hydrogen-bond acceptors (Lipinski definition) is 4. The zero-order valence-electron chi connectivity index (χ0n) is 10.4. The number of halogens is 1. The molecule has 5 heteroatoms. The van der Waals surface area contributed by atoms with E-state index in [9.17, 15) is 4.79 Å². The van der Waals surface area contributed by atoms with Crippen LogP contribution in [0.5, 0.6) is 0 Å². The van der Waals surface area contributed by atoms with Gasteiger partial charge in [0, 0.05) is 16.4 Å². The molecular formula is C14H13BrN2O2. The van der Waals surface area contributed by atoms with Crippen LogP contribution >= 0.6 is 15.9 Å². The van der Waals surface area contributed by atoms with Gasteiger partial charge in [-0.05, 0) is 58.7 Å². The third-order valence-corrected chi connectivity index (χ3v) is 2.94. The molecule has 0 atom stereocenters. The first kappa shape index (κ1) is 13.5. The summed E-state index contributed by atoms with van der Waals surface area (Å²) in [4.78, 5) is 16.0. The normalized spacial score (nSPS) is 10.2. The molecule has 0 radical (unpaired) electrons. The molecule has 1 aromatic heterocycles. The summed E-state index contributed by atoms with van der Waals surface area (Å²) in [6.07, 6.45) is 1.66. The van der Waals surface area contributed by atoms with Crippen molar-refractivity contribution in [3.05, 3.63) is 57.8 Å². The van der Waals surface area contributed by atoms with E-state index in [4.69, 9.17) is 10.5 Å². The largest absolute Gasteiger partial charge is 0.456 e. The lowest BCUT2D eigenvalue weighted by Gasteiger charge is -2.06. The van der Waals surface area contributed by atoms with Crippen LogP contribution in [-0.4, -0.2) is 11.0 Å². The first-order chi connectivity index (χ1) is 9.04. The SMILES string of the molecule is Cc1cc(N)cc(C(=O)OCc2ccc(Br)cn2)c1. The van der Waals surface area contributed by atoms with Crippen LogP contribution in [0.1, 0.15) is 21.6 Å². The maximum absolute atomic E-state index is 11.9. The molecule has 4 nitrogen and oxygen atoms in total. The van der Waals surface area contributed by atoms with E-state index in [-0.39, 0.29) is 6.61 Å². The number of benzene rings is 1. The molecule has 0 bridgehead atoms. The summed E-state index contributed by atoms with van der Waals surface area (Å²) in [5.74, 6) is -0.403. The average molecular weight is 321 g/mol. The van der Waals surface area contributed by atoms with Crippen LogP contribution in [0.15, 0.2) is 41.0 Å². The second kappa shape index (κ2) is 5.84. The van der Waals surface area contributed by atoms with Gasteiger partial charge in [-0.15, -0.1) is 0 Å². The van der Waals surface area contributed by atoms with Crippen LogP contribution in [0, 0.1) is 6.92 Å². The molecule has 1 heterocycles. The highest BCUT2D eigenvalue weighted by molar-refractivity contribution is 9.10. The van der Waals surface area contributed by atoms with Gasteiger partial charge in [-0.3, -0.25) is 4.98 Å². The number of carbonyl (C=O) groups is 1. The number of esters is 1. The minimum atomic E-state index is -0.403. The number of hydrogen-bond donors (Lipinski definition) is 1. The second-order valence-electron chi connectivity index (χ2n) is 4.18. The van der Waals surface area contributed by atoms with Crippen molar-refractivity contribution in [2.45, 2.75) is 13.5 Å². The zero-order valence-corrected chi connectivity index (χ0v) is 12.0. The van der Waals surface area contributed by atoms with Crippen molar-refractivity contribution in [2.24, 2.45) is 0 Å². The van der Waals surface area contributed by atoms with Crippen molar-refractivity contribution < 1.29 is 9.53 Å². The van der Waals surface area contributed by atoms with Gasteiger partial charge in [-0.1, -0.05) is 0 Å². The molecule has 0 saturated carbocycles. The van der Waals surface area contributed by atoms with Crippen LogP contribution in [0.4, 0.5) is 5.69 Å². The van der Waals surface area contributed by atoms with Gasteiger partial charge in [0.05, 0.1) is 11.3 Å². The van der Waals surface area contributed by atoms with Crippen LogP contribution in [0.2, 0.25) is 0 Å².